The van der Waals surface area contributed by atoms with Crippen molar-refractivity contribution < 1.29 is 23.4 Å². The maximum atomic E-state index is 12.2. The molecule has 110 valence electrons. The fourth-order valence-electron chi connectivity index (χ4n) is 2.27. The Morgan fingerprint density at radius 1 is 1.40 bits per heavy atom. The summed E-state index contributed by atoms with van der Waals surface area (Å²) in [6, 6.07) is 5.90. The van der Waals surface area contributed by atoms with E-state index in [1.54, 1.807) is 6.07 Å². The van der Waals surface area contributed by atoms with Gasteiger partial charge in [0, 0.05) is 13.1 Å². The number of nitrogens with zero attached hydrogens (tertiary/aromatic N) is 1. The third kappa shape index (κ3) is 3.56. The van der Waals surface area contributed by atoms with Crippen molar-refractivity contribution in [1.82, 2.24) is 4.31 Å². The third-order valence-electron chi connectivity index (χ3n) is 3.28. The highest BCUT2D eigenvalue weighted by Gasteiger charge is 2.28. The van der Waals surface area contributed by atoms with E-state index in [2.05, 4.69) is 0 Å². The SMILES string of the molecule is O=C(O)c1cccc(CS(=O)(=O)N2CCC[C@H](O)C2)c1. The van der Waals surface area contributed by atoms with Gasteiger partial charge in [0.05, 0.1) is 17.4 Å². The van der Waals surface area contributed by atoms with E-state index in [0.29, 0.717) is 24.9 Å². The molecule has 0 aliphatic carbocycles. The normalized spacial score (nSPS) is 20.8. The molecule has 1 aliphatic heterocycles. The first-order chi connectivity index (χ1) is 9.38. The molecule has 0 bridgehead atoms. The fourth-order valence-corrected chi connectivity index (χ4v) is 3.86. The lowest BCUT2D eigenvalue weighted by molar-refractivity contribution is 0.0696. The zero-order valence-electron chi connectivity index (χ0n) is 10.9. The number of carboxylic acids is 1. The molecule has 0 aromatic heterocycles. The lowest BCUT2D eigenvalue weighted by Crippen LogP contribution is -2.42. The van der Waals surface area contributed by atoms with Crippen molar-refractivity contribution in [3.8, 4) is 0 Å². The van der Waals surface area contributed by atoms with Crippen LogP contribution in [0.3, 0.4) is 0 Å². The van der Waals surface area contributed by atoms with Crippen molar-refractivity contribution in [1.29, 1.82) is 0 Å². The standard InChI is InChI=1S/C13H17NO5S/c15-12-5-2-6-14(8-12)20(18,19)9-10-3-1-4-11(7-10)13(16)17/h1,3-4,7,12,15H,2,5-6,8-9H2,(H,16,17)/t12-/m0/s1. The molecule has 6 nitrogen and oxygen atoms in total. The predicted octanol–water partition coefficient (Wildman–Crippen LogP) is 0.671. The quantitative estimate of drug-likeness (QED) is 0.852. The van der Waals surface area contributed by atoms with Crippen LogP contribution in [-0.4, -0.2) is 48.1 Å². The van der Waals surface area contributed by atoms with Gasteiger partial charge in [-0.15, -0.1) is 0 Å². The number of benzene rings is 1. The van der Waals surface area contributed by atoms with Gasteiger partial charge < -0.3 is 10.2 Å². The maximum absolute atomic E-state index is 12.2. The molecule has 1 fully saturated rings. The minimum atomic E-state index is -3.53. The van der Waals surface area contributed by atoms with Crippen LogP contribution in [0.4, 0.5) is 0 Å². The van der Waals surface area contributed by atoms with Gasteiger partial charge in [-0.25, -0.2) is 13.2 Å². The van der Waals surface area contributed by atoms with Crippen LogP contribution in [0.5, 0.6) is 0 Å². The molecule has 0 unspecified atom stereocenters. The highest BCUT2D eigenvalue weighted by Crippen LogP contribution is 2.18. The number of β-amino-alcohol motifs (C(OH)–C–C–N with tert-alkyl or cyclic N) is 1. The van der Waals surface area contributed by atoms with Crippen molar-refractivity contribution in [2.45, 2.75) is 24.7 Å². The summed E-state index contributed by atoms with van der Waals surface area (Å²) in [6.45, 7) is 0.513. The molecule has 0 spiro atoms. The van der Waals surface area contributed by atoms with Crippen LogP contribution in [0.15, 0.2) is 24.3 Å². The van der Waals surface area contributed by atoms with Crippen LogP contribution < -0.4 is 0 Å². The molecule has 1 aliphatic rings. The first kappa shape index (κ1) is 15.0. The average Bonchev–Trinajstić information content (AvgIpc) is 2.38. The molecule has 1 aromatic rings. The maximum Gasteiger partial charge on any atom is 0.335 e. The number of rotatable bonds is 4. The van der Waals surface area contributed by atoms with Crippen molar-refractivity contribution in [3.05, 3.63) is 35.4 Å². The van der Waals surface area contributed by atoms with E-state index < -0.39 is 22.1 Å². The number of aliphatic hydroxyl groups is 1. The molecule has 2 rings (SSSR count). The Morgan fingerprint density at radius 3 is 2.80 bits per heavy atom. The van der Waals surface area contributed by atoms with E-state index in [1.807, 2.05) is 0 Å². The minimum Gasteiger partial charge on any atom is -0.478 e. The summed E-state index contributed by atoms with van der Waals surface area (Å²) in [5, 5.41) is 18.4. The van der Waals surface area contributed by atoms with Crippen LogP contribution in [0.2, 0.25) is 0 Å². The zero-order valence-corrected chi connectivity index (χ0v) is 11.7. The summed E-state index contributed by atoms with van der Waals surface area (Å²) in [5.74, 6) is -1.33. The van der Waals surface area contributed by atoms with Gasteiger partial charge in [0.15, 0.2) is 0 Å². The largest absolute Gasteiger partial charge is 0.478 e. The number of piperidine rings is 1. The highest BCUT2D eigenvalue weighted by molar-refractivity contribution is 7.88. The van der Waals surface area contributed by atoms with Crippen LogP contribution in [-0.2, 0) is 15.8 Å². The monoisotopic (exact) mass is 299 g/mol. The molecule has 1 aromatic carbocycles. The molecule has 0 radical (unpaired) electrons. The van der Waals surface area contributed by atoms with Gasteiger partial charge in [0.25, 0.3) is 0 Å². The molecule has 7 heteroatoms. The van der Waals surface area contributed by atoms with E-state index in [0.717, 1.165) is 0 Å². The Labute approximate surface area is 117 Å². The van der Waals surface area contributed by atoms with E-state index in [4.69, 9.17) is 5.11 Å². The van der Waals surface area contributed by atoms with Gasteiger partial charge in [-0.05, 0) is 30.5 Å². The average molecular weight is 299 g/mol. The van der Waals surface area contributed by atoms with Gasteiger partial charge in [-0.1, -0.05) is 12.1 Å². The molecule has 1 atom stereocenters. The smallest absolute Gasteiger partial charge is 0.335 e. The van der Waals surface area contributed by atoms with Crippen LogP contribution in [0.1, 0.15) is 28.8 Å². The second kappa shape index (κ2) is 5.90. The first-order valence-corrected chi connectivity index (χ1v) is 7.97. The summed E-state index contributed by atoms with van der Waals surface area (Å²) >= 11 is 0. The molecular formula is C13H17NO5S. The van der Waals surface area contributed by atoms with Gasteiger partial charge in [0.1, 0.15) is 0 Å². The fraction of sp³-hybridized carbons (Fsp3) is 0.462. The molecule has 20 heavy (non-hydrogen) atoms. The summed E-state index contributed by atoms with van der Waals surface area (Å²) in [7, 11) is -3.53. The van der Waals surface area contributed by atoms with Gasteiger partial charge in [-0.3, -0.25) is 0 Å². The van der Waals surface area contributed by atoms with Crippen molar-refractivity contribution >= 4 is 16.0 Å². The Morgan fingerprint density at radius 2 is 2.15 bits per heavy atom. The Bertz CT molecular complexity index is 599. The second-order valence-corrected chi connectivity index (χ2v) is 6.88. The summed E-state index contributed by atoms with van der Waals surface area (Å²) < 4.78 is 25.8. The number of aliphatic hydroxyl groups excluding tert-OH is 1. The molecule has 1 heterocycles. The van der Waals surface area contributed by atoms with Crippen molar-refractivity contribution in [3.63, 3.8) is 0 Å². The number of aromatic carboxylic acids is 1. The molecule has 0 saturated carbocycles. The van der Waals surface area contributed by atoms with Crippen molar-refractivity contribution in [2.24, 2.45) is 0 Å². The lowest BCUT2D eigenvalue weighted by Gasteiger charge is -2.29. The minimum absolute atomic E-state index is 0.0661. The number of carboxylic acid groups (broad SMARTS) is 1. The van der Waals surface area contributed by atoms with E-state index in [9.17, 15) is 18.3 Å². The van der Waals surface area contributed by atoms with Crippen LogP contribution in [0, 0.1) is 0 Å². The molecule has 2 N–H and O–H groups in total. The van der Waals surface area contributed by atoms with Gasteiger partial charge in [0.2, 0.25) is 10.0 Å². The van der Waals surface area contributed by atoms with Gasteiger partial charge in [-0.2, -0.15) is 4.31 Å². The number of carbonyl (C=O) groups is 1. The van der Waals surface area contributed by atoms with Crippen molar-refractivity contribution in [2.75, 3.05) is 13.1 Å². The van der Waals surface area contributed by atoms with E-state index in [-0.39, 0.29) is 17.9 Å². The third-order valence-corrected chi connectivity index (χ3v) is 5.09. The van der Waals surface area contributed by atoms with Crippen LogP contribution >= 0.6 is 0 Å². The second-order valence-electron chi connectivity index (χ2n) is 4.92. The summed E-state index contributed by atoms with van der Waals surface area (Å²) in [5.41, 5.74) is 0.501. The Hall–Kier alpha value is -1.44. The summed E-state index contributed by atoms with van der Waals surface area (Å²) in [6.07, 6.45) is 0.625. The first-order valence-electron chi connectivity index (χ1n) is 6.36. The van der Waals surface area contributed by atoms with E-state index >= 15 is 0 Å². The van der Waals surface area contributed by atoms with Gasteiger partial charge >= 0.3 is 5.97 Å². The summed E-state index contributed by atoms with van der Waals surface area (Å²) in [4.78, 5) is 10.9. The number of sulfonamides is 1. The number of hydrogen-bond acceptors (Lipinski definition) is 4. The molecular weight excluding hydrogens is 282 g/mol. The topological polar surface area (TPSA) is 94.9 Å². The molecule has 1 saturated heterocycles. The van der Waals surface area contributed by atoms with Crippen LogP contribution in [0.25, 0.3) is 0 Å². The Kier molecular flexibility index (Phi) is 4.42. The number of hydrogen-bond donors (Lipinski definition) is 2. The highest BCUT2D eigenvalue weighted by atomic mass is 32.2. The molecule has 0 amide bonds. The van der Waals surface area contributed by atoms with E-state index in [1.165, 1.54) is 22.5 Å². The zero-order chi connectivity index (χ0) is 14.8. The Balaban J connectivity index is 2.15. The predicted molar refractivity (Wildman–Crippen MR) is 72.8 cm³/mol. The lowest BCUT2D eigenvalue weighted by atomic mass is 10.1.